The van der Waals surface area contributed by atoms with Gasteiger partial charge in [0.15, 0.2) is 5.96 Å². The summed E-state index contributed by atoms with van der Waals surface area (Å²) in [5, 5.41) is 8.94. The van der Waals surface area contributed by atoms with Gasteiger partial charge in [0.1, 0.15) is 0 Å². The molecule has 0 aromatic heterocycles. The summed E-state index contributed by atoms with van der Waals surface area (Å²) >= 11 is 11.6. The molecule has 0 radical (unpaired) electrons. The van der Waals surface area contributed by atoms with Gasteiger partial charge >= 0.3 is 5.97 Å². The first kappa shape index (κ1) is 14.1. The molecule has 0 bridgehead atoms. The Morgan fingerprint density at radius 2 is 1.83 bits per heavy atom. The molecule has 0 aliphatic heterocycles. The third kappa shape index (κ3) is 3.51. The number of hydrogen-bond acceptors (Lipinski definition) is 2. The first-order chi connectivity index (χ1) is 8.31. The topological polar surface area (TPSA) is 140 Å². The Kier molecular flexibility index (Phi) is 4.35. The van der Waals surface area contributed by atoms with Crippen molar-refractivity contribution < 1.29 is 9.90 Å². The number of nitrogens with two attached hydrogens (primary N) is 3. The Hall–Kier alpha value is -1.99. The molecule has 7 N–H and O–H groups in total. The minimum absolute atomic E-state index is 0.0350. The van der Waals surface area contributed by atoms with Crippen LogP contribution in [0.3, 0.4) is 0 Å². The van der Waals surface area contributed by atoms with E-state index in [0.717, 1.165) is 0 Å². The number of rotatable bonds is 2. The highest BCUT2D eigenvalue weighted by atomic mass is 35.5. The SMILES string of the molecule is NC(N)=NC(N)=Nc1cc(C(=O)O)cc(Cl)c1Cl. The summed E-state index contributed by atoms with van der Waals surface area (Å²) in [5.41, 5.74) is 15.6. The van der Waals surface area contributed by atoms with Gasteiger partial charge in [0.25, 0.3) is 0 Å². The molecule has 0 saturated carbocycles. The van der Waals surface area contributed by atoms with Gasteiger partial charge in [0.2, 0.25) is 5.96 Å². The summed E-state index contributed by atoms with van der Waals surface area (Å²) in [5.74, 6) is -1.73. The Bertz CT molecular complexity index is 552. The zero-order valence-electron chi connectivity index (χ0n) is 8.89. The second kappa shape index (κ2) is 5.56. The predicted molar refractivity (Wildman–Crippen MR) is 70.5 cm³/mol. The molecular weight excluding hydrogens is 281 g/mol. The molecule has 0 heterocycles. The Morgan fingerprint density at radius 1 is 1.22 bits per heavy atom. The quantitative estimate of drug-likeness (QED) is 0.473. The smallest absolute Gasteiger partial charge is 0.335 e. The summed E-state index contributed by atoms with van der Waals surface area (Å²) in [6, 6.07) is 2.40. The van der Waals surface area contributed by atoms with Crippen LogP contribution in [0.4, 0.5) is 5.69 Å². The maximum absolute atomic E-state index is 10.8. The van der Waals surface area contributed by atoms with Crippen molar-refractivity contribution >= 4 is 46.8 Å². The number of aliphatic imine (C=N–C) groups is 2. The van der Waals surface area contributed by atoms with E-state index >= 15 is 0 Å². The number of guanidine groups is 2. The van der Waals surface area contributed by atoms with Gasteiger partial charge in [-0.15, -0.1) is 0 Å². The molecule has 1 rings (SSSR count). The lowest BCUT2D eigenvalue weighted by Crippen LogP contribution is -2.26. The number of aromatic carboxylic acids is 1. The molecule has 0 aliphatic carbocycles. The molecular formula is C9H9Cl2N5O2. The molecule has 9 heteroatoms. The van der Waals surface area contributed by atoms with Gasteiger partial charge in [-0.3, -0.25) is 0 Å². The number of carboxylic acid groups (broad SMARTS) is 1. The minimum atomic E-state index is -1.18. The second-order valence-corrected chi connectivity index (χ2v) is 3.89. The molecule has 0 spiro atoms. The fourth-order valence-electron chi connectivity index (χ4n) is 1.06. The highest BCUT2D eigenvalue weighted by molar-refractivity contribution is 6.43. The van der Waals surface area contributed by atoms with E-state index in [1.807, 2.05) is 0 Å². The van der Waals surface area contributed by atoms with Gasteiger partial charge in [-0.1, -0.05) is 23.2 Å². The number of carboxylic acids is 1. The zero-order valence-corrected chi connectivity index (χ0v) is 10.4. The van der Waals surface area contributed by atoms with Crippen molar-refractivity contribution in [1.82, 2.24) is 0 Å². The van der Waals surface area contributed by atoms with Crippen LogP contribution in [0.5, 0.6) is 0 Å². The van der Waals surface area contributed by atoms with Crippen molar-refractivity contribution in [3.8, 4) is 0 Å². The van der Waals surface area contributed by atoms with E-state index in [2.05, 4.69) is 9.98 Å². The van der Waals surface area contributed by atoms with Crippen LogP contribution in [0.1, 0.15) is 10.4 Å². The van der Waals surface area contributed by atoms with Gasteiger partial charge in [-0.2, -0.15) is 4.99 Å². The molecule has 0 atom stereocenters. The third-order valence-corrected chi connectivity index (χ3v) is 2.53. The van der Waals surface area contributed by atoms with Gasteiger partial charge in [-0.05, 0) is 12.1 Å². The Labute approximate surface area is 112 Å². The maximum Gasteiger partial charge on any atom is 0.335 e. The molecule has 0 unspecified atom stereocenters. The lowest BCUT2D eigenvalue weighted by Gasteiger charge is -2.03. The van der Waals surface area contributed by atoms with Crippen LogP contribution in [-0.2, 0) is 0 Å². The van der Waals surface area contributed by atoms with Crippen molar-refractivity contribution in [3.63, 3.8) is 0 Å². The summed E-state index contributed by atoms with van der Waals surface area (Å²) in [7, 11) is 0. The number of nitrogens with zero attached hydrogens (tertiary/aromatic N) is 2. The monoisotopic (exact) mass is 289 g/mol. The van der Waals surface area contributed by atoms with Crippen LogP contribution < -0.4 is 17.2 Å². The molecule has 0 saturated heterocycles. The van der Waals surface area contributed by atoms with E-state index in [0.29, 0.717) is 0 Å². The van der Waals surface area contributed by atoms with E-state index < -0.39 is 5.97 Å². The van der Waals surface area contributed by atoms with E-state index in [1.54, 1.807) is 0 Å². The number of hydrogen-bond donors (Lipinski definition) is 4. The standard InChI is InChI=1S/C9H9Cl2N5O2/c10-4-1-3(7(17)18)2-5(6(4)11)15-9(14)16-8(12)13/h1-2H,(H,17,18)(H6,12,13,14,15,16). The van der Waals surface area contributed by atoms with Crippen LogP contribution in [-0.4, -0.2) is 23.0 Å². The van der Waals surface area contributed by atoms with Crippen molar-refractivity contribution in [3.05, 3.63) is 27.7 Å². The minimum Gasteiger partial charge on any atom is -0.478 e. The first-order valence-electron chi connectivity index (χ1n) is 4.47. The molecule has 1 aromatic rings. The highest BCUT2D eigenvalue weighted by Gasteiger charge is 2.11. The fourth-order valence-corrected chi connectivity index (χ4v) is 1.43. The molecule has 0 amide bonds. The Balaban J connectivity index is 3.32. The van der Waals surface area contributed by atoms with Gasteiger partial charge in [-0.25, -0.2) is 9.79 Å². The summed E-state index contributed by atoms with van der Waals surface area (Å²) in [6.07, 6.45) is 0. The predicted octanol–water partition coefficient (Wildman–Crippen LogP) is 0.911. The number of benzene rings is 1. The third-order valence-electron chi connectivity index (χ3n) is 1.73. The largest absolute Gasteiger partial charge is 0.478 e. The lowest BCUT2D eigenvalue weighted by atomic mass is 10.2. The Morgan fingerprint density at radius 3 is 2.33 bits per heavy atom. The molecule has 0 aliphatic rings. The summed E-state index contributed by atoms with van der Waals surface area (Å²) < 4.78 is 0. The van der Waals surface area contributed by atoms with Crippen LogP contribution in [0.25, 0.3) is 0 Å². The molecule has 96 valence electrons. The second-order valence-electron chi connectivity index (χ2n) is 3.10. The van der Waals surface area contributed by atoms with Crippen LogP contribution in [0, 0.1) is 0 Å². The van der Waals surface area contributed by atoms with E-state index in [4.69, 9.17) is 45.5 Å². The maximum atomic E-state index is 10.8. The van der Waals surface area contributed by atoms with Crippen molar-refractivity contribution in [2.45, 2.75) is 0 Å². The normalized spacial score (nSPS) is 11.1. The van der Waals surface area contributed by atoms with Gasteiger partial charge < -0.3 is 22.3 Å². The summed E-state index contributed by atoms with van der Waals surface area (Å²) in [6.45, 7) is 0. The number of carbonyl (C=O) groups is 1. The van der Waals surface area contributed by atoms with Crippen LogP contribution in [0.2, 0.25) is 10.0 Å². The molecule has 0 fully saturated rings. The lowest BCUT2D eigenvalue weighted by molar-refractivity contribution is 0.0697. The van der Waals surface area contributed by atoms with Crippen molar-refractivity contribution in [2.75, 3.05) is 0 Å². The number of halogens is 2. The van der Waals surface area contributed by atoms with Crippen molar-refractivity contribution in [1.29, 1.82) is 0 Å². The van der Waals surface area contributed by atoms with E-state index in [9.17, 15) is 4.79 Å². The van der Waals surface area contributed by atoms with Gasteiger partial charge in [0.05, 0.1) is 21.3 Å². The highest BCUT2D eigenvalue weighted by Crippen LogP contribution is 2.33. The van der Waals surface area contributed by atoms with Crippen LogP contribution >= 0.6 is 23.2 Å². The molecule has 7 nitrogen and oxygen atoms in total. The average Bonchev–Trinajstić information content (AvgIpc) is 2.22. The van der Waals surface area contributed by atoms with Gasteiger partial charge in [0, 0.05) is 0 Å². The average molecular weight is 290 g/mol. The fraction of sp³-hybridized carbons (Fsp3) is 0. The molecule has 1 aromatic carbocycles. The molecule has 18 heavy (non-hydrogen) atoms. The van der Waals surface area contributed by atoms with E-state index in [-0.39, 0.29) is 33.2 Å². The van der Waals surface area contributed by atoms with Crippen LogP contribution in [0.15, 0.2) is 22.1 Å². The van der Waals surface area contributed by atoms with E-state index in [1.165, 1.54) is 12.1 Å². The first-order valence-corrected chi connectivity index (χ1v) is 5.23. The van der Waals surface area contributed by atoms with Crippen molar-refractivity contribution in [2.24, 2.45) is 27.2 Å². The summed E-state index contributed by atoms with van der Waals surface area (Å²) in [4.78, 5) is 18.1. The zero-order chi connectivity index (χ0) is 13.9.